The Hall–Kier alpha value is -3.35. The minimum Gasteiger partial charge on any atom is -0.406 e. The van der Waals surface area contributed by atoms with Crippen LogP contribution in [-0.4, -0.2) is 77.7 Å². The zero-order valence-corrected chi connectivity index (χ0v) is 21.5. The third-order valence-corrected chi connectivity index (χ3v) is 6.46. The predicted octanol–water partition coefficient (Wildman–Crippen LogP) is 3.22. The van der Waals surface area contributed by atoms with E-state index >= 15 is 0 Å². The highest BCUT2D eigenvalue weighted by molar-refractivity contribution is 6.35. The van der Waals surface area contributed by atoms with Crippen LogP contribution in [0.2, 0.25) is 0 Å². The molecule has 1 saturated heterocycles. The summed E-state index contributed by atoms with van der Waals surface area (Å²) in [4.78, 5) is 30.7. The lowest BCUT2D eigenvalue weighted by Crippen LogP contribution is -2.49. The minimum atomic E-state index is -4.86. The van der Waals surface area contributed by atoms with Gasteiger partial charge in [-0.2, -0.15) is 0 Å². The van der Waals surface area contributed by atoms with Gasteiger partial charge in [0, 0.05) is 48.8 Å². The number of aryl methyl sites for hydroxylation is 1. The van der Waals surface area contributed by atoms with Crippen LogP contribution in [0.4, 0.5) is 18.9 Å². The van der Waals surface area contributed by atoms with Crippen LogP contribution in [0.25, 0.3) is 11.6 Å². The smallest absolute Gasteiger partial charge is 0.406 e. The fourth-order valence-electron chi connectivity index (χ4n) is 5.01. The summed E-state index contributed by atoms with van der Waals surface area (Å²) in [6.45, 7) is 9.21. The van der Waals surface area contributed by atoms with Crippen LogP contribution in [0.1, 0.15) is 46.7 Å². The third kappa shape index (κ3) is 6.37. The lowest BCUT2D eigenvalue weighted by molar-refractivity contribution is -0.274. The van der Waals surface area contributed by atoms with Crippen molar-refractivity contribution >= 4 is 29.2 Å². The Morgan fingerprint density at radius 1 is 1.29 bits per heavy atom. The molecular formula is C26H31F3N4O5. The van der Waals surface area contributed by atoms with Gasteiger partial charge in [-0.05, 0) is 57.5 Å². The van der Waals surface area contributed by atoms with Gasteiger partial charge in [-0.3, -0.25) is 14.5 Å². The van der Waals surface area contributed by atoms with Gasteiger partial charge in [-0.15, -0.1) is 13.2 Å². The van der Waals surface area contributed by atoms with Crippen molar-refractivity contribution in [1.82, 2.24) is 15.2 Å². The Kier molecular flexibility index (Phi) is 7.86. The molecule has 12 heteroatoms. The number of aliphatic hydroxyl groups is 1. The monoisotopic (exact) mass is 536 g/mol. The lowest BCUT2D eigenvalue weighted by atomic mass is 10.0. The average molecular weight is 537 g/mol. The number of benzene rings is 1. The number of halogens is 3. The number of amides is 2. The first kappa shape index (κ1) is 27.7. The molecule has 1 fully saturated rings. The Labute approximate surface area is 218 Å². The second kappa shape index (κ2) is 10.8. The zero-order valence-electron chi connectivity index (χ0n) is 21.5. The number of nitrogens with zero attached hydrogens (tertiary/aromatic N) is 1. The summed E-state index contributed by atoms with van der Waals surface area (Å²) >= 11 is 0. The molecule has 4 N–H and O–H groups in total. The van der Waals surface area contributed by atoms with Gasteiger partial charge in [0.15, 0.2) is 0 Å². The second-order valence-corrected chi connectivity index (χ2v) is 9.77. The molecule has 206 valence electrons. The van der Waals surface area contributed by atoms with Crippen LogP contribution in [0.3, 0.4) is 0 Å². The van der Waals surface area contributed by atoms with Crippen molar-refractivity contribution in [1.29, 1.82) is 0 Å². The second-order valence-electron chi connectivity index (χ2n) is 9.77. The van der Waals surface area contributed by atoms with Gasteiger partial charge in [-0.25, -0.2) is 0 Å². The number of ether oxygens (including phenoxy) is 2. The molecule has 0 saturated carbocycles. The molecule has 0 radical (unpaired) electrons. The Morgan fingerprint density at radius 3 is 2.63 bits per heavy atom. The summed E-state index contributed by atoms with van der Waals surface area (Å²) in [5.41, 5.74) is 2.67. The number of rotatable bonds is 7. The largest absolute Gasteiger partial charge is 0.573 e. The highest BCUT2D eigenvalue weighted by Crippen LogP contribution is 2.37. The predicted molar refractivity (Wildman–Crippen MR) is 135 cm³/mol. The summed E-state index contributed by atoms with van der Waals surface area (Å²) in [7, 11) is 0. The van der Waals surface area contributed by atoms with Crippen LogP contribution in [-0.2, 0) is 9.53 Å². The number of hydrogen-bond donors (Lipinski definition) is 4. The van der Waals surface area contributed by atoms with Crippen LogP contribution in [0, 0.1) is 13.8 Å². The van der Waals surface area contributed by atoms with Gasteiger partial charge < -0.3 is 30.2 Å². The molecule has 1 aromatic heterocycles. The third-order valence-electron chi connectivity index (χ3n) is 6.46. The van der Waals surface area contributed by atoms with E-state index in [1.54, 1.807) is 13.8 Å². The number of fused-ring (bicyclic) bond motifs is 1. The molecule has 3 atom stereocenters. The van der Waals surface area contributed by atoms with Gasteiger partial charge in [0.25, 0.3) is 11.8 Å². The molecule has 2 aliphatic rings. The molecule has 0 bridgehead atoms. The molecule has 38 heavy (non-hydrogen) atoms. The van der Waals surface area contributed by atoms with Crippen molar-refractivity contribution in [3.63, 3.8) is 0 Å². The summed E-state index contributed by atoms with van der Waals surface area (Å²) in [5.74, 6) is -1.32. The molecule has 0 spiro atoms. The molecule has 2 aromatic rings. The molecule has 9 nitrogen and oxygen atoms in total. The maximum Gasteiger partial charge on any atom is 0.573 e. The van der Waals surface area contributed by atoms with Crippen LogP contribution < -0.4 is 15.4 Å². The molecule has 1 aromatic carbocycles. The lowest BCUT2D eigenvalue weighted by Gasteiger charge is -2.36. The molecule has 4 rings (SSSR count). The van der Waals surface area contributed by atoms with Crippen molar-refractivity contribution in [2.75, 3.05) is 31.5 Å². The van der Waals surface area contributed by atoms with Crippen molar-refractivity contribution in [3.05, 3.63) is 46.3 Å². The number of aliphatic hydroxyl groups excluding tert-OH is 1. The van der Waals surface area contributed by atoms with Crippen molar-refractivity contribution < 1.29 is 37.3 Å². The van der Waals surface area contributed by atoms with Crippen molar-refractivity contribution in [2.24, 2.45) is 0 Å². The molecule has 1 unspecified atom stereocenters. The number of β-amino-alcohol motifs (C(OH)–C–C–N with tert-alkyl or cyclic N) is 1. The summed E-state index contributed by atoms with van der Waals surface area (Å²) in [6.07, 6.45) is -4.01. The minimum absolute atomic E-state index is 0.0528. The van der Waals surface area contributed by atoms with E-state index < -0.39 is 24.1 Å². The first-order valence-electron chi connectivity index (χ1n) is 12.3. The Bertz CT molecular complexity index is 1250. The summed E-state index contributed by atoms with van der Waals surface area (Å²) < 4.78 is 47.7. The SMILES string of the molecule is Cc1[nH]c(/C=C2\C(=O)Nc3ccc(OC(F)(F)F)cc32)c(C)c1C(=O)NCC(O)CN1C[C@@H](C)O[C@@H](C)C1. The number of hydrogen-bond acceptors (Lipinski definition) is 6. The highest BCUT2D eigenvalue weighted by Gasteiger charge is 2.33. The Morgan fingerprint density at radius 2 is 1.97 bits per heavy atom. The zero-order chi connectivity index (χ0) is 27.8. The van der Waals surface area contributed by atoms with Gasteiger partial charge in [0.2, 0.25) is 0 Å². The molecule has 2 amide bonds. The summed E-state index contributed by atoms with van der Waals surface area (Å²) in [5, 5.41) is 15.9. The van der Waals surface area contributed by atoms with E-state index in [2.05, 4.69) is 25.3 Å². The molecular weight excluding hydrogens is 505 g/mol. The molecule has 3 heterocycles. The van der Waals surface area contributed by atoms with Gasteiger partial charge in [0.05, 0.1) is 29.4 Å². The fraction of sp³-hybridized carbons (Fsp3) is 0.462. The van der Waals surface area contributed by atoms with Crippen LogP contribution in [0.15, 0.2) is 18.2 Å². The average Bonchev–Trinajstić information content (AvgIpc) is 3.25. The first-order chi connectivity index (χ1) is 17.8. The van der Waals surface area contributed by atoms with E-state index in [1.165, 1.54) is 12.1 Å². The highest BCUT2D eigenvalue weighted by atomic mass is 19.4. The van der Waals surface area contributed by atoms with Gasteiger partial charge in [-0.1, -0.05) is 0 Å². The number of anilines is 1. The standard InChI is InChI=1S/C26H31F3N4O5/c1-13-10-33(11-14(2)37-13)12-17(34)9-30-25(36)23-15(3)22(31-16(23)4)8-20-19-7-18(38-26(27,28)29)5-6-21(19)32-24(20)35/h5-8,13-14,17,31,34H,9-12H2,1-4H3,(H,30,36)(H,32,35)/b20-8-/t13-,14+,17?. The Balaban J connectivity index is 1.47. The van der Waals surface area contributed by atoms with Crippen LogP contribution >= 0.6 is 0 Å². The maximum atomic E-state index is 13.0. The van der Waals surface area contributed by atoms with Crippen molar-refractivity contribution in [2.45, 2.75) is 52.4 Å². The number of alkyl halides is 3. The van der Waals surface area contributed by atoms with E-state index in [1.807, 2.05) is 13.8 Å². The number of H-pyrrole nitrogens is 1. The molecule has 0 aliphatic carbocycles. The number of carbonyl (C=O) groups is 2. The summed E-state index contributed by atoms with van der Waals surface area (Å²) in [6, 6.07) is 3.60. The number of morpholine rings is 1. The number of aromatic nitrogens is 1. The van der Waals surface area contributed by atoms with Gasteiger partial charge >= 0.3 is 6.36 Å². The maximum absolute atomic E-state index is 13.0. The fourth-order valence-corrected chi connectivity index (χ4v) is 5.01. The van der Waals surface area contributed by atoms with E-state index in [4.69, 9.17) is 4.74 Å². The van der Waals surface area contributed by atoms with E-state index in [-0.39, 0.29) is 35.8 Å². The number of carbonyl (C=O) groups excluding carboxylic acids is 2. The van der Waals surface area contributed by atoms with Crippen molar-refractivity contribution in [3.8, 4) is 5.75 Å². The molecule has 2 aliphatic heterocycles. The van der Waals surface area contributed by atoms with Gasteiger partial charge in [0.1, 0.15) is 5.75 Å². The van der Waals surface area contributed by atoms with E-state index in [0.29, 0.717) is 47.8 Å². The number of aromatic amines is 1. The van der Waals surface area contributed by atoms with E-state index in [0.717, 1.165) is 12.1 Å². The number of nitrogens with one attached hydrogen (secondary N) is 3. The quantitative estimate of drug-likeness (QED) is 0.404. The first-order valence-corrected chi connectivity index (χ1v) is 12.3. The van der Waals surface area contributed by atoms with E-state index in [9.17, 15) is 27.9 Å². The normalized spacial score (nSPS) is 21.8. The topological polar surface area (TPSA) is 116 Å². The van der Waals surface area contributed by atoms with Crippen LogP contribution in [0.5, 0.6) is 5.75 Å².